The van der Waals surface area contributed by atoms with Crippen molar-refractivity contribution < 1.29 is 0 Å². The molecule has 11 aromatic rings. The number of pyridine rings is 4. The number of rotatable bonds is 6. The molecule has 57 heavy (non-hydrogen) atoms. The highest BCUT2D eigenvalue weighted by atomic mass is 15.0. The van der Waals surface area contributed by atoms with Gasteiger partial charge >= 0.3 is 0 Å². The number of hydrogen-bond donors (Lipinski definition) is 0. The number of nitrogens with zero attached hydrogens (tertiary/aromatic N) is 5. The van der Waals surface area contributed by atoms with Crippen molar-refractivity contribution in [1.82, 2.24) is 24.5 Å². The quantitative estimate of drug-likeness (QED) is 0.160. The van der Waals surface area contributed by atoms with E-state index in [0.29, 0.717) is 0 Å². The highest BCUT2D eigenvalue weighted by Gasteiger charge is 2.20. The third kappa shape index (κ3) is 5.64. The summed E-state index contributed by atoms with van der Waals surface area (Å²) in [5.74, 6) is 0. The lowest BCUT2D eigenvalue weighted by molar-refractivity contribution is 1.18. The van der Waals surface area contributed by atoms with E-state index in [1.54, 1.807) is 12.4 Å². The smallest absolute Gasteiger partial charge is 0.0900 e. The summed E-state index contributed by atoms with van der Waals surface area (Å²) >= 11 is 0. The molecule has 6 aromatic carbocycles. The Morgan fingerprint density at radius 1 is 0.333 bits per heavy atom. The van der Waals surface area contributed by atoms with Crippen LogP contribution in [0.1, 0.15) is 0 Å². The van der Waals surface area contributed by atoms with Crippen LogP contribution in [0.4, 0.5) is 0 Å². The first-order valence-corrected chi connectivity index (χ1v) is 19.1. The van der Waals surface area contributed by atoms with E-state index in [1.165, 1.54) is 27.2 Å². The van der Waals surface area contributed by atoms with Gasteiger partial charge in [-0.1, -0.05) is 115 Å². The molecule has 0 saturated heterocycles. The molecule has 5 aromatic heterocycles. The minimum Gasteiger partial charge on any atom is -0.309 e. The zero-order valence-corrected chi connectivity index (χ0v) is 30.8. The highest BCUT2D eigenvalue weighted by molar-refractivity contribution is 6.29. The Balaban J connectivity index is 1.10. The minimum absolute atomic E-state index is 0.807. The molecule has 0 atom stereocenters. The van der Waals surface area contributed by atoms with Crippen LogP contribution in [-0.4, -0.2) is 24.5 Å². The lowest BCUT2D eigenvalue weighted by Gasteiger charge is -2.14. The van der Waals surface area contributed by atoms with Gasteiger partial charge in [-0.15, -0.1) is 0 Å². The van der Waals surface area contributed by atoms with Gasteiger partial charge in [0.25, 0.3) is 0 Å². The Hall–Kier alpha value is -7.76. The molecule has 0 aliphatic carbocycles. The van der Waals surface area contributed by atoms with Crippen LogP contribution in [0.15, 0.2) is 200 Å². The fourth-order valence-electron chi connectivity index (χ4n) is 8.25. The summed E-state index contributed by atoms with van der Waals surface area (Å²) < 4.78 is 2.39. The Kier molecular flexibility index (Phi) is 7.74. The van der Waals surface area contributed by atoms with E-state index in [4.69, 9.17) is 9.97 Å². The van der Waals surface area contributed by atoms with Crippen molar-refractivity contribution in [3.05, 3.63) is 200 Å². The SMILES string of the molecule is c1ccc(-c2nc3ccc(-c4ccc(-c5cc(-c6ccccn6)nc(-c6ccccn6)c5)cc4)cc3c3c2ccc2c3c3ccccc3n2-c2ccccc2)cc1. The maximum absolute atomic E-state index is 5.36. The van der Waals surface area contributed by atoms with Gasteiger partial charge in [-0.3, -0.25) is 9.97 Å². The van der Waals surface area contributed by atoms with Crippen molar-refractivity contribution in [3.8, 4) is 62.0 Å². The van der Waals surface area contributed by atoms with E-state index in [1.807, 2.05) is 36.4 Å². The third-order valence-corrected chi connectivity index (χ3v) is 10.9. The van der Waals surface area contributed by atoms with Crippen LogP contribution in [0.2, 0.25) is 0 Å². The van der Waals surface area contributed by atoms with Gasteiger partial charge in [0.15, 0.2) is 0 Å². The van der Waals surface area contributed by atoms with Crippen molar-refractivity contribution >= 4 is 43.5 Å². The normalized spacial score (nSPS) is 11.5. The zero-order chi connectivity index (χ0) is 37.7. The minimum atomic E-state index is 0.807. The summed E-state index contributed by atoms with van der Waals surface area (Å²) in [6, 6.07) is 66.0. The van der Waals surface area contributed by atoms with Gasteiger partial charge < -0.3 is 4.57 Å². The largest absolute Gasteiger partial charge is 0.309 e. The number of para-hydroxylation sites is 2. The molecule has 266 valence electrons. The van der Waals surface area contributed by atoms with Crippen molar-refractivity contribution in [2.75, 3.05) is 0 Å². The average molecular weight is 728 g/mol. The fourth-order valence-corrected chi connectivity index (χ4v) is 8.25. The van der Waals surface area contributed by atoms with Gasteiger partial charge in [0.1, 0.15) is 0 Å². The second-order valence-corrected chi connectivity index (χ2v) is 14.3. The standard InChI is InChI=1S/C52H33N5/c1-3-13-36(14-4-1)52-41-26-28-49-51(40-17-7-8-20-48(40)57(49)39-15-5-2-6-16-39)50(41)42-31-37(25-27-43(42)56-52)34-21-23-35(24-22-34)38-32-46(44-18-9-11-29-53-44)55-47(33-38)45-19-10-12-30-54-45/h1-33H. The maximum atomic E-state index is 5.36. The van der Waals surface area contributed by atoms with Crippen molar-refractivity contribution in [2.24, 2.45) is 0 Å². The second kappa shape index (κ2) is 13.5. The summed E-state index contributed by atoms with van der Waals surface area (Å²) in [5, 5.41) is 5.92. The molecule has 0 unspecified atom stereocenters. The summed E-state index contributed by atoms with van der Waals surface area (Å²) in [7, 11) is 0. The molecule has 0 saturated carbocycles. The fraction of sp³-hybridized carbons (Fsp3) is 0. The van der Waals surface area contributed by atoms with Crippen molar-refractivity contribution in [2.45, 2.75) is 0 Å². The average Bonchev–Trinajstić information content (AvgIpc) is 3.64. The Morgan fingerprint density at radius 3 is 1.63 bits per heavy atom. The number of hydrogen-bond acceptors (Lipinski definition) is 4. The molecular formula is C52H33N5. The van der Waals surface area contributed by atoms with Crippen LogP contribution in [-0.2, 0) is 0 Å². The zero-order valence-electron chi connectivity index (χ0n) is 30.8. The predicted octanol–water partition coefficient (Wildman–Crippen LogP) is 13.0. The summed E-state index contributed by atoms with van der Waals surface area (Å²) in [6.07, 6.45) is 3.60. The lowest BCUT2D eigenvalue weighted by Crippen LogP contribution is -1.94. The van der Waals surface area contributed by atoms with Crippen molar-refractivity contribution in [3.63, 3.8) is 0 Å². The van der Waals surface area contributed by atoms with E-state index < -0.39 is 0 Å². The molecule has 5 heterocycles. The van der Waals surface area contributed by atoms with Crippen LogP contribution in [0.25, 0.3) is 105 Å². The van der Waals surface area contributed by atoms with Crippen LogP contribution < -0.4 is 0 Å². The lowest BCUT2D eigenvalue weighted by atomic mass is 9.93. The van der Waals surface area contributed by atoms with Crippen LogP contribution >= 0.6 is 0 Å². The highest BCUT2D eigenvalue weighted by Crippen LogP contribution is 2.43. The Labute approximate surface area is 329 Å². The van der Waals surface area contributed by atoms with Crippen molar-refractivity contribution in [1.29, 1.82) is 0 Å². The summed E-state index contributed by atoms with van der Waals surface area (Å²) in [4.78, 5) is 19.5. The molecule has 5 heteroatoms. The van der Waals surface area contributed by atoms with E-state index >= 15 is 0 Å². The number of aromatic nitrogens is 5. The summed E-state index contributed by atoms with van der Waals surface area (Å²) in [5.41, 5.74) is 14.2. The Morgan fingerprint density at radius 2 is 0.947 bits per heavy atom. The Bertz CT molecular complexity index is 3190. The first-order chi connectivity index (χ1) is 28.3. The topological polar surface area (TPSA) is 56.5 Å². The summed E-state index contributed by atoms with van der Waals surface area (Å²) in [6.45, 7) is 0. The van der Waals surface area contributed by atoms with E-state index in [0.717, 1.165) is 78.3 Å². The molecule has 0 radical (unpaired) electrons. The van der Waals surface area contributed by atoms with Crippen LogP contribution in [0, 0.1) is 0 Å². The third-order valence-electron chi connectivity index (χ3n) is 10.9. The first kappa shape index (κ1) is 32.7. The van der Waals surface area contributed by atoms with Gasteiger partial charge in [-0.25, -0.2) is 9.97 Å². The molecule has 0 fully saturated rings. The number of benzene rings is 6. The van der Waals surface area contributed by atoms with Gasteiger partial charge in [-0.05, 0) is 95.1 Å². The molecule has 11 rings (SSSR count). The van der Waals surface area contributed by atoms with Gasteiger partial charge in [0, 0.05) is 50.6 Å². The molecule has 0 aliphatic rings. The first-order valence-electron chi connectivity index (χ1n) is 19.1. The molecule has 0 N–H and O–H groups in total. The molecule has 0 spiro atoms. The second-order valence-electron chi connectivity index (χ2n) is 14.3. The monoisotopic (exact) mass is 727 g/mol. The molecule has 5 nitrogen and oxygen atoms in total. The molecule has 0 amide bonds. The molecule has 0 aliphatic heterocycles. The molecular weight excluding hydrogens is 695 g/mol. The van der Waals surface area contributed by atoms with Gasteiger partial charge in [0.05, 0.1) is 45.0 Å². The van der Waals surface area contributed by atoms with Crippen LogP contribution in [0.5, 0.6) is 0 Å². The predicted molar refractivity (Wildman–Crippen MR) is 234 cm³/mol. The van der Waals surface area contributed by atoms with Gasteiger partial charge in [0.2, 0.25) is 0 Å². The molecule has 0 bridgehead atoms. The van der Waals surface area contributed by atoms with E-state index in [-0.39, 0.29) is 0 Å². The van der Waals surface area contributed by atoms with E-state index in [2.05, 4.69) is 166 Å². The van der Waals surface area contributed by atoms with E-state index in [9.17, 15) is 0 Å². The number of fused-ring (bicyclic) bond motifs is 7. The van der Waals surface area contributed by atoms with Crippen LogP contribution in [0.3, 0.4) is 0 Å². The van der Waals surface area contributed by atoms with Gasteiger partial charge in [-0.2, -0.15) is 0 Å². The maximum Gasteiger partial charge on any atom is 0.0900 e.